The number of hydrogen-bond acceptors (Lipinski definition) is 5. The third-order valence-corrected chi connectivity index (χ3v) is 3.91. The maximum absolute atomic E-state index is 5.42. The SMILES string of the molecule is COc1cc(SC)c(OC)cc1NCC1CNC1. The molecule has 0 bridgehead atoms. The van der Waals surface area contributed by atoms with Crippen LogP contribution in [-0.2, 0) is 0 Å². The summed E-state index contributed by atoms with van der Waals surface area (Å²) in [6, 6.07) is 4.03. The number of anilines is 1. The Morgan fingerprint density at radius 2 is 2.00 bits per heavy atom. The van der Waals surface area contributed by atoms with E-state index in [0.717, 1.165) is 41.7 Å². The first-order valence-electron chi connectivity index (χ1n) is 6.03. The minimum atomic E-state index is 0.709. The molecule has 18 heavy (non-hydrogen) atoms. The molecule has 100 valence electrons. The molecule has 2 N–H and O–H groups in total. The van der Waals surface area contributed by atoms with Gasteiger partial charge in [-0.05, 0) is 12.3 Å². The van der Waals surface area contributed by atoms with Gasteiger partial charge < -0.3 is 20.1 Å². The topological polar surface area (TPSA) is 42.5 Å². The molecule has 1 fully saturated rings. The Morgan fingerprint density at radius 3 is 2.50 bits per heavy atom. The van der Waals surface area contributed by atoms with E-state index < -0.39 is 0 Å². The Labute approximate surface area is 112 Å². The molecule has 1 aromatic rings. The van der Waals surface area contributed by atoms with Gasteiger partial charge in [-0.15, -0.1) is 11.8 Å². The highest BCUT2D eigenvalue weighted by Crippen LogP contribution is 2.37. The molecule has 2 rings (SSSR count). The molecule has 0 aliphatic carbocycles. The highest BCUT2D eigenvalue weighted by molar-refractivity contribution is 7.98. The summed E-state index contributed by atoms with van der Waals surface area (Å²) in [7, 11) is 3.39. The van der Waals surface area contributed by atoms with E-state index in [1.807, 2.05) is 18.4 Å². The smallest absolute Gasteiger partial charge is 0.143 e. The fourth-order valence-electron chi connectivity index (χ4n) is 1.91. The Morgan fingerprint density at radius 1 is 1.28 bits per heavy atom. The molecule has 1 aromatic carbocycles. The van der Waals surface area contributed by atoms with Crippen LogP contribution in [0.3, 0.4) is 0 Å². The molecule has 4 nitrogen and oxygen atoms in total. The zero-order valence-corrected chi connectivity index (χ0v) is 11.9. The van der Waals surface area contributed by atoms with Crippen molar-refractivity contribution in [1.29, 1.82) is 0 Å². The van der Waals surface area contributed by atoms with Crippen LogP contribution >= 0.6 is 11.8 Å². The molecule has 0 amide bonds. The van der Waals surface area contributed by atoms with Gasteiger partial charge >= 0.3 is 0 Å². The predicted molar refractivity (Wildman–Crippen MR) is 76.2 cm³/mol. The minimum absolute atomic E-state index is 0.709. The average molecular weight is 268 g/mol. The van der Waals surface area contributed by atoms with E-state index in [9.17, 15) is 0 Å². The number of hydrogen-bond donors (Lipinski definition) is 2. The number of benzene rings is 1. The van der Waals surface area contributed by atoms with Gasteiger partial charge in [0.15, 0.2) is 0 Å². The summed E-state index contributed by atoms with van der Waals surface area (Å²) >= 11 is 1.66. The fourth-order valence-corrected chi connectivity index (χ4v) is 2.48. The third-order valence-electron chi connectivity index (χ3n) is 3.15. The molecular formula is C13H20N2O2S. The Hall–Kier alpha value is -1.07. The van der Waals surface area contributed by atoms with Crippen LogP contribution in [-0.4, -0.2) is 40.1 Å². The second kappa shape index (κ2) is 6.20. The van der Waals surface area contributed by atoms with Gasteiger partial charge in [0.25, 0.3) is 0 Å². The zero-order chi connectivity index (χ0) is 13.0. The number of rotatable bonds is 6. The van der Waals surface area contributed by atoms with Gasteiger partial charge in [-0.3, -0.25) is 0 Å². The molecule has 1 aliphatic rings. The first kappa shape index (κ1) is 13.4. The molecule has 0 atom stereocenters. The van der Waals surface area contributed by atoms with Crippen LogP contribution in [0.15, 0.2) is 17.0 Å². The van der Waals surface area contributed by atoms with Gasteiger partial charge in [-0.2, -0.15) is 0 Å². The van der Waals surface area contributed by atoms with E-state index in [4.69, 9.17) is 9.47 Å². The van der Waals surface area contributed by atoms with Gasteiger partial charge in [0.1, 0.15) is 11.5 Å². The van der Waals surface area contributed by atoms with Crippen molar-refractivity contribution in [2.45, 2.75) is 4.90 Å². The summed E-state index contributed by atoms with van der Waals surface area (Å²) in [5.41, 5.74) is 0.999. The summed E-state index contributed by atoms with van der Waals surface area (Å²) in [6.07, 6.45) is 2.03. The Balaban J connectivity index is 2.15. The van der Waals surface area contributed by atoms with E-state index in [1.165, 1.54) is 0 Å². The van der Waals surface area contributed by atoms with Crippen LogP contribution < -0.4 is 20.1 Å². The summed E-state index contributed by atoms with van der Waals surface area (Å²) in [4.78, 5) is 1.09. The minimum Gasteiger partial charge on any atom is -0.496 e. The second-order valence-electron chi connectivity index (χ2n) is 4.31. The maximum Gasteiger partial charge on any atom is 0.143 e. The Kier molecular flexibility index (Phi) is 4.60. The van der Waals surface area contributed by atoms with E-state index in [2.05, 4.69) is 10.6 Å². The zero-order valence-electron chi connectivity index (χ0n) is 11.1. The maximum atomic E-state index is 5.42. The van der Waals surface area contributed by atoms with Crippen LogP contribution in [0.4, 0.5) is 5.69 Å². The first-order chi connectivity index (χ1) is 8.78. The van der Waals surface area contributed by atoms with Crippen LogP contribution in [0.25, 0.3) is 0 Å². The van der Waals surface area contributed by atoms with Crippen molar-refractivity contribution >= 4 is 17.4 Å². The van der Waals surface area contributed by atoms with Gasteiger partial charge in [-0.25, -0.2) is 0 Å². The van der Waals surface area contributed by atoms with E-state index in [0.29, 0.717) is 5.92 Å². The number of thioether (sulfide) groups is 1. The Bertz CT molecular complexity index is 408. The normalized spacial score (nSPS) is 15.1. The molecular weight excluding hydrogens is 248 g/mol. The lowest BCUT2D eigenvalue weighted by Crippen LogP contribution is -2.45. The van der Waals surface area contributed by atoms with E-state index in [1.54, 1.807) is 26.0 Å². The fraction of sp³-hybridized carbons (Fsp3) is 0.538. The molecule has 0 aromatic heterocycles. The second-order valence-corrected chi connectivity index (χ2v) is 5.16. The summed E-state index contributed by atoms with van der Waals surface area (Å²) < 4.78 is 10.8. The van der Waals surface area contributed by atoms with Crippen LogP contribution in [0, 0.1) is 5.92 Å². The summed E-state index contributed by atoms with van der Waals surface area (Å²) in [5, 5.41) is 6.71. The molecule has 0 saturated carbocycles. The van der Waals surface area contributed by atoms with Gasteiger partial charge in [0, 0.05) is 31.6 Å². The predicted octanol–water partition coefficient (Wildman–Crippen LogP) is 2.06. The van der Waals surface area contributed by atoms with Crippen molar-refractivity contribution in [2.24, 2.45) is 5.92 Å². The highest BCUT2D eigenvalue weighted by Gasteiger charge is 2.17. The van der Waals surface area contributed by atoms with Crippen molar-refractivity contribution in [1.82, 2.24) is 5.32 Å². The van der Waals surface area contributed by atoms with Gasteiger partial charge in [-0.1, -0.05) is 0 Å². The number of ether oxygens (including phenoxy) is 2. The number of nitrogens with one attached hydrogen (secondary N) is 2. The molecule has 5 heteroatoms. The lowest BCUT2D eigenvalue weighted by atomic mass is 10.0. The third kappa shape index (κ3) is 2.84. The molecule has 1 saturated heterocycles. The first-order valence-corrected chi connectivity index (χ1v) is 7.25. The van der Waals surface area contributed by atoms with Crippen molar-refractivity contribution in [3.8, 4) is 11.5 Å². The van der Waals surface area contributed by atoms with Crippen molar-refractivity contribution in [3.63, 3.8) is 0 Å². The highest BCUT2D eigenvalue weighted by atomic mass is 32.2. The van der Waals surface area contributed by atoms with E-state index in [-0.39, 0.29) is 0 Å². The van der Waals surface area contributed by atoms with Crippen molar-refractivity contribution in [2.75, 3.05) is 45.4 Å². The van der Waals surface area contributed by atoms with Crippen molar-refractivity contribution in [3.05, 3.63) is 12.1 Å². The lowest BCUT2D eigenvalue weighted by molar-refractivity contribution is 0.363. The quantitative estimate of drug-likeness (QED) is 0.773. The van der Waals surface area contributed by atoms with E-state index >= 15 is 0 Å². The van der Waals surface area contributed by atoms with Gasteiger partial charge in [0.2, 0.25) is 0 Å². The monoisotopic (exact) mass is 268 g/mol. The summed E-state index contributed by atoms with van der Waals surface area (Å²) in [6.45, 7) is 3.15. The standard InChI is InChI=1S/C13H20N2O2S/c1-16-11-5-13(18-3)12(17-2)4-10(11)15-8-9-6-14-7-9/h4-5,9,14-15H,6-8H2,1-3H3. The lowest BCUT2D eigenvalue weighted by Gasteiger charge is -2.28. The van der Waals surface area contributed by atoms with Crippen LogP contribution in [0.1, 0.15) is 0 Å². The largest absolute Gasteiger partial charge is 0.496 e. The average Bonchev–Trinajstić information content (AvgIpc) is 2.36. The number of methoxy groups -OCH3 is 2. The molecule has 1 heterocycles. The molecule has 0 unspecified atom stereocenters. The molecule has 0 radical (unpaired) electrons. The van der Waals surface area contributed by atoms with Crippen LogP contribution in [0.5, 0.6) is 11.5 Å². The molecule has 1 aliphatic heterocycles. The molecule has 0 spiro atoms. The van der Waals surface area contributed by atoms with Gasteiger partial charge in [0.05, 0.1) is 24.8 Å². The van der Waals surface area contributed by atoms with Crippen LogP contribution in [0.2, 0.25) is 0 Å². The summed E-state index contributed by atoms with van der Waals surface area (Å²) in [5.74, 6) is 2.46. The van der Waals surface area contributed by atoms with Crippen molar-refractivity contribution < 1.29 is 9.47 Å².